The molecule has 23 heavy (non-hydrogen) atoms. The Bertz CT molecular complexity index is 612. The van der Waals surface area contributed by atoms with Gasteiger partial charge in [0.05, 0.1) is 12.6 Å². The lowest BCUT2D eigenvalue weighted by molar-refractivity contribution is -0.123. The van der Waals surface area contributed by atoms with Gasteiger partial charge in [0.1, 0.15) is 6.33 Å². The third-order valence-electron chi connectivity index (χ3n) is 4.18. The zero-order valence-corrected chi connectivity index (χ0v) is 12.7. The topological polar surface area (TPSA) is 106 Å². The number of aromatic nitrogens is 5. The molecule has 1 fully saturated rings. The molecule has 8 nitrogen and oxygen atoms in total. The van der Waals surface area contributed by atoms with Crippen molar-refractivity contribution in [1.29, 1.82) is 0 Å². The second-order valence-corrected chi connectivity index (χ2v) is 5.91. The van der Waals surface area contributed by atoms with E-state index >= 15 is 0 Å². The zero-order valence-electron chi connectivity index (χ0n) is 12.7. The lowest BCUT2D eigenvalue weighted by Gasteiger charge is -2.38. The highest BCUT2D eigenvalue weighted by atomic mass is 16.3. The Kier molecular flexibility index (Phi) is 4.92. The number of rotatable bonds is 7. The van der Waals surface area contributed by atoms with Gasteiger partial charge in [0.2, 0.25) is 5.91 Å². The van der Waals surface area contributed by atoms with Crippen LogP contribution in [0.5, 0.6) is 0 Å². The normalized spacial score (nSPS) is 21.4. The highest BCUT2D eigenvalue weighted by Crippen LogP contribution is 2.31. The molecule has 2 aromatic heterocycles. The van der Waals surface area contributed by atoms with Gasteiger partial charge in [-0.2, -0.15) is 0 Å². The first kappa shape index (κ1) is 15.5. The van der Waals surface area contributed by atoms with Crippen molar-refractivity contribution in [2.45, 2.75) is 44.4 Å². The van der Waals surface area contributed by atoms with Crippen molar-refractivity contribution in [3.8, 4) is 0 Å². The first-order chi connectivity index (χ1) is 11.2. The number of aliphatic hydroxyl groups excluding tert-OH is 1. The summed E-state index contributed by atoms with van der Waals surface area (Å²) in [5.41, 5.74) is 0.944. The average Bonchev–Trinajstić information content (AvgIpc) is 3.04. The summed E-state index contributed by atoms with van der Waals surface area (Å²) in [6.07, 6.45) is 5.44. The Morgan fingerprint density at radius 3 is 2.96 bits per heavy atom. The third-order valence-corrected chi connectivity index (χ3v) is 4.18. The summed E-state index contributed by atoms with van der Waals surface area (Å²) in [5, 5.41) is 23.4. The number of nitrogens with one attached hydrogen (secondary N) is 1. The van der Waals surface area contributed by atoms with Crippen molar-refractivity contribution in [1.82, 2.24) is 30.5 Å². The number of hydrogen-bond donors (Lipinski definition) is 2. The van der Waals surface area contributed by atoms with Crippen LogP contribution in [-0.4, -0.2) is 48.4 Å². The van der Waals surface area contributed by atoms with Gasteiger partial charge >= 0.3 is 0 Å². The number of carbonyl (C=O) groups excluding carboxylic acids is 1. The third kappa shape index (κ3) is 4.32. The van der Waals surface area contributed by atoms with E-state index in [4.69, 9.17) is 0 Å². The second kappa shape index (κ2) is 7.28. The Labute approximate surface area is 133 Å². The van der Waals surface area contributed by atoms with Crippen molar-refractivity contribution < 1.29 is 9.90 Å². The van der Waals surface area contributed by atoms with Crippen LogP contribution in [0.15, 0.2) is 30.7 Å². The first-order valence-electron chi connectivity index (χ1n) is 7.79. The number of aryl methyl sites for hydroxylation is 1. The zero-order chi connectivity index (χ0) is 16.1. The van der Waals surface area contributed by atoms with Crippen LogP contribution in [0.4, 0.5) is 0 Å². The molecule has 1 aliphatic rings. The number of amides is 1. The minimum atomic E-state index is -0.246. The van der Waals surface area contributed by atoms with Crippen LogP contribution in [0, 0.1) is 5.92 Å². The van der Waals surface area contributed by atoms with Gasteiger partial charge in [-0.1, -0.05) is 6.07 Å². The van der Waals surface area contributed by atoms with Crippen LogP contribution >= 0.6 is 0 Å². The maximum absolute atomic E-state index is 12.2. The van der Waals surface area contributed by atoms with Gasteiger partial charge < -0.3 is 10.4 Å². The van der Waals surface area contributed by atoms with Gasteiger partial charge in [-0.25, -0.2) is 4.68 Å². The monoisotopic (exact) mass is 316 g/mol. The number of pyridine rings is 1. The Hall–Kier alpha value is -2.35. The fourth-order valence-corrected chi connectivity index (χ4v) is 2.82. The molecule has 0 spiro atoms. The molecule has 0 unspecified atom stereocenters. The first-order valence-corrected chi connectivity index (χ1v) is 7.79. The molecular weight excluding hydrogens is 296 g/mol. The smallest absolute Gasteiger partial charge is 0.222 e. The molecule has 122 valence electrons. The van der Waals surface area contributed by atoms with Crippen molar-refractivity contribution in [2.24, 2.45) is 5.92 Å². The molecule has 0 bridgehead atoms. The van der Waals surface area contributed by atoms with Gasteiger partial charge in [0.15, 0.2) is 0 Å². The van der Waals surface area contributed by atoms with E-state index < -0.39 is 0 Å². The summed E-state index contributed by atoms with van der Waals surface area (Å²) in [4.78, 5) is 16.5. The maximum atomic E-state index is 12.2. The highest BCUT2D eigenvalue weighted by Gasteiger charge is 2.34. The molecule has 1 aliphatic carbocycles. The number of nitrogens with zero attached hydrogens (tertiary/aromatic N) is 5. The van der Waals surface area contributed by atoms with Crippen LogP contribution in [0.3, 0.4) is 0 Å². The summed E-state index contributed by atoms with van der Waals surface area (Å²) < 4.78 is 1.53. The molecule has 1 amide bonds. The summed E-state index contributed by atoms with van der Waals surface area (Å²) in [5.74, 6) is 0.256. The van der Waals surface area contributed by atoms with E-state index in [0.29, 0.717) is 25.3 Å². The van der Waals surface area contributed by atoms with E-state index in [0.717, 1.165) is 18.5 Å². The summed E-state index contributed by atoms with van der Waals surface area (Å²) >= 11 is 0. The van der Waals surface area contributed by atoms with E-state index in [2.05, 4.69) is 25.8 Å². The van der Waals surface area contributed by atoms with E-state index in [9.17, 15) is 9.90 Å². The predicted octanol–water partition coefficient (Wildman–Crippen LogP) is -0.0434. The molecule has 0 radical (unpaired) electrons. The second-order valence-electron chi connectivity index (χ2n) is 5.91. The van der Waals surface area contributed by atoms with Crippen LogP contribution < -0.4 is 5.32 Å². The molecule has 0 aliphatic heterocycles. The van der Waals surface area contributed by atoms with Crippen LogP contribution in [0.2, 0.25) is 0 Å². The number of carbonyl (C=O) groups is 1. The Morgan fingerprint density at radius 1 is 1.43 bits per heavy atom. The van der Waals surface area contributed by atoms with Crippen LogP contribution in [0.1, 0.15) is 25.0 Å². The fourth-order valence-electron chi connectivity index (χ4n) is 2.82. The van der Waals surface area contributed by atoms with Crippen molar-refractivity contribution >= 4 is 5.91 Å². The quantitative estimate of drug-likeness (QED) is 0.742. The van der Waals surface area contributed by atoms with Gasteiger partial charge in [0.25, 0.3) is 0 Å². The molecule has 3 rings (SSSR count). The summed E-state index contributed by atoms with van der Waals surface area (Å²) in [6, 6.07) is 5.76. The lowest BCUT2D eigenvalue weighted by Crippen LogP contribution is -2.48. The number of hydrogen-bond acceptors (Lipinski definition) is 6. The standard InChI is InChI=1S/C15H20N6O2/c22-13-7-11(8-13)14(9-12-3-1-2-5-16-12)18-15(23)4-6-21-10-17-19-20-21/h1-3,5,10-11,13-14,22H,4,6-9H2,(H,18,23)/t11?,13?,14-/m0/s1. The lowest BCUT2D eigenvalue weighted by atomic mass is 9.76. The SMILES string of the molecule is O=C(CCn1cnnn1)N[C@@H](Cc1ccccn1)C1CC(O)C1. The van der Waals surface area contributed by atoms with Crippen LogP contribution in [-0.2, 0) is 17.8 Å². The largest absolute Gasteiger partial charge is 0.393 e. The molecule has 8 heteroatoms. The molecule has 0 saturated heterocycles. The Balaban J connectivity index is 1.55. The molecule has 0 aromatic carbocycles. The van der Waals surface area contributed by atoms with E-state index in [-0.39, 0.29) is 18.1 Å². The Morgan fingerprint density at radius 2 is 2.30 bits per heavy atom. The maximum Gasteiger partial charge on any atom is 0.222 e. The van der Waals surface area contributed by atoms with Gasteiger partial charge in [-0.3, -0.25) is 9.78 Å². The average molecular weight is 316 g/mol. The van der Waals surface area contributed by atoms with E-state index in [1.807, 2.05) is 18.2 Å². The number of tetrazole rings is 1. The van der Waals surface area contributed by atoms with Gasteiger partial charge in [-0.15, -0.1) is 5.10 Å². The number of aliphatic hydroxyl groups is 1. The van der Waals surface area contributed by atoms with Crippen LogP contribution in [0.25, 0.3) is 0 Å². The summed E-state index contributed by atoms with van der Waals surface area (Å²) in [6.45, 7) is 0.447. The molecule has 2 N–H and O–H groups in total. The van der Waals surface area contributed by atoms with Crippen molar-refractivity contribution in [3.05, 3.63) is 36.4 Å². The van der Waals surface area contributed by atoms with Crippen molar-refractivity contribution in [3.63, 3.8) is 0 Å². The minimum Gasteiger partial charge on any atom is -0.393 e. The molecule has 1 saturated carbocycles. The van der Waals surface area contributed by atoms with Crippen molar-refractivity contribution in [2.75, 3.05) is 0 Å². The highest BCUT2D eigenvalue weighted by molar-refractivity contribution is 5.76. The predicted molar refractivity (Wildman–Crippen MR) is 81.0 cm³/mol. The molecule has 1 atom stereocenters. The van der Waals surface area contributed by atoms with E-state index in [1.54, 1.807) is 6.20 Å². The summed E-state index contributed by atoms with van der Waals surface area (Å²) in [7, 11) is 0. The molecular formula is C15H20N6O2. The van der Waals surface area contributed by atoms with Gasteiger partial charge in [0, 0.05) is 30.8 Å². The fraction of sp³-hybridized carbons (Fsp3) is 0.533. The molecule has 2 heterocycles. The molecule has 2 aromatic rings. The van der Waals surface area contributed by atoms with E-state index in [1.165, 1.54) is 11.0 Å². The van der Waals surface area contributed by atoms with Gasteiger partial charge in [-0.05, 0) is 41.3 Å². The minimum absolute atomic E-state index is 0.00493.